The van der Waals surface area contributed by atoms with Gasteiger partial charge in [0, 0.05) is 0 Å². The van der Waals surface area contributed by atoms with Crippen LogP contribution in [0.25, 0.3) is 0 Å². The smallest absolute Gasteiger partial charge is 0.426 e. The molecule has 0 saturated heterocycles. The van der Waals surface area contributed by atoms with Crippen molar-refractivity contribution >= 4 is 32.0 Å². The monoisotopic (exact) mass is 430 g/mol. The lowest BCUT2D eigenvalue weighted by atomic mass is 10.2. The summed E-state index contributed by atoms with van der Waals surface area (Å²) in [4.78, 5) is 11.4. The van der Waals surface area contributed by atoms with E-state index in [2.05, 4.69) is 20.7 Å². The average Bonchev–Trinajstić information content (AvgIpc) is 2.37. The molecule has 23 heavy (non-hydrogen) atoms. The predicted molar refractivity (Wildman–Crippen MR) is 65.7 cm³/mol. The van der Waals surface area contributed by atoms with Crippen LogP contribution in [0.4, 0.5) is 26.3 Å². The number of rotatable bonds is 4. The fourth-order valence-corrected chi connectivity index (χ4v) is 2.23. The third kappa shape index (κ3) is 5.07. The van der Waals surface area contributed by atoms with Gasteiger partial charge in [-0.1, -0.05) is 0 Å². The second kappa shape index (κ2) is 6.65. The molecule has 0 heterocycles. The number of hydrogen-bond acceptors (Lipinski definition) is 4. The van der Waals surface area contributed by atoms with E-state index in [1.807, 2.05) is 0 Å². The average molecular weight is 431 g/mol. The molecule has 13 heteroatoms. The standard InChI is InChI=1S/C10H5BrF6O5S/c11-6-4(12)1-3(7(13)8(6)14)9(18)22-5(10(15,16)17)2-23(19,20)21/h1,5H,2H2,(H,19,20,21). The number of benzene rings is 1. The molecule has 5 nitrogen and oxygen atoms in total. The van der Waals surface area contributed by atoms with Crippen molar-refractivity contribution < 1.29 is 48.8 Å². The Bertz CT molecular complexity index is 732. The van der Waals surface area contributed by atoms with E-state index in [-0.39, 0.29) is 6.07 Å². The molecule has 0 amide bonds. The summed E-state index contributed by atoms with van der Waals surface area (Å²) in [6.45, 7) is 0. The van der Waals surface area contributed by atoms with Crippen LogP contribution in [0.1, 0.15) is 10.4 Å². The first-order chi connectivity index (χ1) is 10.2. The molecule has 1 rings (SSSR count). The maximum absolute atomic E-state index is 13.5. The van der Waals surface area contributed by atoms with E-state index in [1.54, 1.807) is 0 Å². The Morgan fingerprint density at radius 2 is 1.78 bits per heavy atom. The van der Waals surface area contributed by atoms with E-state index in [0.29, 0.717) is 0 Å². The molecule has 0 aliphatic carbocycles. The number of esters is 1. The Morgan fingerprint density at radius 3 is 2.22 bits per heavy atom. The molecule has 0 aliphatic rings. The summed E-state index contributed by atoms with van der Waals surface area (Å²) >= 11 is 2.30. The van der Waals surface area contributed by atoms with Crippen molar-refractivity contribution in [3.05, 3.63) is 33.6 Å². The Kier molecular flexibility index (Phi) is 5.70. The van der Waals surface area contributed by atoms with Crippen molar-refractivity contribution in [3.63, 3.8) is 0 Å². The molecule has 1 unspecified atom stereocenters. The highest BCUT2D eigenvalue weighted by atomic mass is 79.9. The molecule has 0 saturated carbocycles. The quantitative estimate of drug-likeness (QED) is 0.261. The van der Waals surface area contributed by atoms with Gasteiger partial charge >= 0.3 is 12.1 Å². The third-order valence-corrected chi connectivity index (χ3v) is 3.75. The van der Waals surface area contributed by atoms with E-state index in [9.17, 15) is 39.6 Å². The third-order valence-electron chi connectivity index (χ3n) is 2.30. The van der Waals surface area contributed by atoms with Crippen LogP contribution in [0.3, 0.4) is 0 Å². The molecule has 130 valence electrons. The fourth-order valence-electron chi connectivity index (χ4n) is 1.30. The van der Waals surface area contributed by atoms with Crippen molar-refractivity contribution in [2.24, 2.45) is 0 Å². The lowest BCUT2D eigenvalue weighted by Gasteiger charge is -2.19. The topological polar surface area (TPSA) is 80.7 Å². The zero-order valence-corrected chi connectivity index (χ0v) is 12.9. The summed E-state index contributed by atoms with van der Waals surface area (Å²) in [5, 5.41) is 0. The van der Waals surface area contributed by atoms with E-state index >= 15 is 0 Å². The van der Waals surface area contributed by atoms with E-state index in [0.717, 1.165) is 0 Å². The molecule has 0 spiro atoms. The van der Waals surface area contributed by atoms with Gasteiger partial charge in [-0.05, 0) is 22.0 Å². The first-order valence-electron chi connectivity index (χ1n) is 5.30. The first-order valence-corrected chi connectivity index (χ1v) is 7.70. The summed E-state index contributed by atoms with van der Waals surface area (Å²) in [5.74, 6) is -9.63. The number of carbonyl (C=O) groups excluding carboxylic acids is 1. The lowest BCUT2D eigenvalue weighted by Crippen LogP contribution is -2.39. The largest absolute Gasteiger partial charge is 0.448 e. The van der Waals surface area contributed by atoms with Gasteiger partial charge in [0.2, 0.25) is 6.10 Å². The zero-order valence-electron chi connectivity index (χ0n) is 10.5. The van der Waals surface area contributed by atoms with Crippen molar-refractivity contribution in [1.29, 1.82) is 0 Å². The van der Waals surface area contributed by atoms with Gasteiger partial charge < -0.3 is 4.74 Å². The molecule has 1 atom stereocenters. The number of carbonyl (C=O) groups is 1. The zero-order chi connectivity index (χ0) is 18.2. The van der Waals surface area contributed by atoms with Crippen molar-refractivity contribution in [2.75, 3.05) is 5.75 Å². The number of alkyl halides is 3. The highest BCUT2D eigenvalue weighted by Gasteiger charge is 2.46. The molecule has 0 fully saturated rings. The molecule has 1 aromatic rings. The molecular formula is C10H5BrF6O5S. The Labute approximate surface area is 133 Å². The highest BCUT2D eigenvalue weighted by molar-refractivity contribution is 9.10. The summed E-state index contributed by atoms with van der Waals surface area (Å²) in [6, 6.07) is 0.0612. The molecular weight excluding hydrogens is 426 g/mol. The summed E-state index contributed by atoms with van der Waals surface area (Å²) in [5.41, 5.74) is -1.52. The van der Waals surface area contributed by atoms with Crippen LogP contribution < -0.4 is 0 Å². The van der Waals surface area contributed by atoms with Gasteiger partial charge in [0.15, 0.2) is 11.6 Å². The molecule has 0 aromatic heterocycles. The van der Waals surface area contributed by atoms with Gasteiger partial charge in [0.25, 0.3) is 10.1 Å². The van der Waals surface area contributed by atoms with Crippen LogP contribution in [-0.4, -0.2) is 37.0 Å². The number of halogens is 7. The lowest BCUT2D eigenvalue weighted by molar-refractivity contribution is -0.197. The number of hydrogen-bond donors (Lipinski definition) is 1. The second-order valence-corrected chi connectivity index (χ2v) is 6.32. The van der Waals surface area contributed by atoms with Crippen LogP contribution >= 0.6 is 15.9 Å². The maximum Gasteiger partial charge on any atom is 0.426 e. The highest BCUT2D eigenvalue weighted by Crippen LogP contribution is 2.28. The van der Waals surface area contributed by atoms with Crippen molar-refractivity contribution in [2.45, 2.75) is 12.3 Å². The molecule has 1 aromatic carbocycles. The van der Waals surface area contributed by atoms with Gasteiger partial charge in [0.05, 0.1) is 4.47 Å². The Balaban J connectivity index is 3.19. The van der Waals surface area contributed by atoms with E-state index < -0.39 is 61.6 Å². The molecule has 0 bridgehead atoms. The molecule has 0 radical (unpaired) electrons. The number of ether oxygens (including phenoxy) is 1. The van der Waals surface area contributed by atoms with Gasteiger partial charge in [-0.3, -0.25) is 4.55 Å². The van der Waals surface area contributed by atoms with Crippen LogP contribution in [-0.2, 0) is 14.9 Å². The fraction of sp³-hybridized carbons (Fsp3) is 0.300. The predicted octanol–water partition coefficient (Wildman–Crippen LogP) is 2.84. The summed E-state index contributed by atoms with van der Waals surface area (Å²) < 4.78 is 110. The minimum Gasteiger partial charge on any atom is -0.448 e. The SMILES string of the molecule is O=C(OC(CS(=O)(=O)O)C(F)(F)F)c1cc(F)c(Br)c(F)c1F. The van der Waals surface area contributed by atoms with Crippen molar-refractivity contribution in [1.82, 2.24) is 0 Å². The normalized spacial score (nSPS) is 13.7. The van der Waals surface area contributed by atoms with E-state index in [1.165, 1.54) is 0 Å². The van der Waals surface area contributed by atoms with E-state index in [4.69, 9.17) is 4.55 Å². The van der Waals surface area contributed by atoms with Crippen LogP contribution in [0.15, 0.2) is 10.5 Å². The summed E-state index contributed by atoms with van der Waals surface area (Å²) in [7, 11) is -5.21. The maximum atomic E-state index is 13.5. The van der Waals surface area contributed by atoms with Gasteiger partial charge in [0.1, 0.15) is 17.1 Å². The summed E-state index contributed by atoms with van der Waals surface area (Å²) in [6.07, 6.45) is -8.80. The van der Waals surface area contributed by atoms with Crippen LogP contribution in [0.5, 0.6) is 0 Å². The van der Waals surface area contributed by atoms with Crippen LogP contribution in [0.2, 0.25) is 0 Å². The van der Waals surface area contributed by atoms with Gasteiger partial charge in [-0.15, -0.1) is 0 Å². The second-order valence-electron chi connectivity index (χ2n) is 4.03. The Morgan fingerprint density at radius 1 is 1.26 bits per heavy atom. The van der Waals surface area contributed by atoms with Crippen LogP contribution in [0, 0.1) is 17.5 Å². The first kappa shape index (κ1) is 19.7. The minimum atomic E-state index is -5.44. The minimum absolute atomic E-state index is 0.0612. The van der Waals surface area contributed by atoms with Gasteiger partial charge in [-0.25, -0.2) is 18.0 Å². The Hall–Kier alpha value is -1.34. The van der Waals surface area contributed by atoms with Crippen molar-refractivity contribution in [3.8, 4) is 0 Å². The molecule has 0 aliphatic heterocycles. The van der Waals surface area contributed by atoms with Gasteiger partial charge in [-0.2, -0.15) is 21.6 Å². The molecule has 1 N–H and O–H groups in total.